The maximum atomic E-state index is 13.4. The summed E-state index contributed by atoms with van der Waals surface area (Å²) in [6.45, 7) is 0. The van der Waals surface area contributed by atoms with Crippen LogP contribution in [0.25, 0.3) is 0 Å². The fraction of sp³-hybridized carbons (Fsp3) is 0.0667. The summed E-state index contributed by atoms with van der Waals surface area (Å²) in [5.74, 6) is -1.69. The van der Waals surface area contributed by atoms with Crippen LogP contribution in [-0.2, 0) is 9.59 Å². The molecule has 0 fully saturated rings. The second-order valence-electron chi connectivity index (χ2n) is 4.12. The number of hydrogen-bond donors (Lipinski definition) is 1. The lowest BCUT2D eigenvalue weighted by atomic mass is 10.0. The average Bonchev–Trinajstić information content (AvgIpc) is 2.43. The second-order valence-corrected chi connectivity index (χ2v) is 4.12. The van der Waals surface area contributed by atoms with Gasteiger partial charge in [-0.1, -0.05) is 24.3 Å². The number of carbonyl (C=O) groups excluding carboxylic acids is 2. The number of carbonyl (C=O) groups is 2. The Morgan fingerprint density at radius 1 is 1.15 bits per heavy atom. The Hall–Kier alpha value is -2.69. The highest BCUT2D eigenvalue weighted by Crippen LogP contribution is 2.25. The molecule has 1 atom stereocenters. The maximum absolute atomic E-state index is 13.4. The van der Waals surface area contributed by atoms with E-state index in [2.05, 4.69) is 0 Å². The lowest BCUT2D eigenvalue weighted by Gasteiger charge is -2.09. The van der Waals surface area contributed by atoms with Gasteiger partial charge in [0.25, 0.3) is 0 Å². The Morgan fingerprint density at radius 3 is 2.35 bits per heavy atom. The molecule has 0 aromatic heterocycles. The minimum absolute atomic E-state index is 0.0992. The van der Waals surface area contributed by atoms with E-state index in [1.54, 1.807) is 36.4 Å². The highest BCUT2D eigenvalue weighted by atomic mass is 19.1. The third-order valence-electron chi connectivity index (χ3n) is 2.75. The van der Waals surface area contributed by atoms with Crippen LogP contribution in [0.4, 0.5) is 4.39 Å². The van der Waals surface area contributed by atoms with Gasteiger partial charge in [0.2, 0.25) is 5.91 Å². The first-order chi connectivity index (χ1) is 9.61. The number of amides is 1. The van der Waals surface area contributed by atoms with Crippen LogP contribution in [0.2, 0.25) is 0 Å². The van der Waals surface area contributed by atoms with Gasteiger partial charge in [-0.05, 0) is 29.8 Å². The Labute approximate surface area is 115 Å². The molecule has 2 N–H and O–H groups in total. The van der Waals surface area contributed by atoms with Crippen molar-refractivity contribution in [3.63, 3.8) is 0 Å². The van der Waals surface area contributed by atoms with Crippen molar-refractivity contribution in [3.8, 4) is 11.5 Å². The Balaban J connectivity index is 2.19. The minimum atomic E-state index is -0.988. The predicted octanol–water partition coefficient (Wildman–Crippen LogP) is 2.39. The molecular weight excluding hydrogens is 261 g/mol. The third-order valence-corrected chi connectivity index (χ3v) is 2.75. The normalized spacial score (nSPS) is 11.7. The summed E-state index contributed by atoms with van der Waals surface area (Å²) >= 11 is 0. The van der Waals surface area contributed by atoms with Gasteiger partial charge in [-0.15, -0.1) is 0 Å². The first kappa shape index (κ1) is 13.7. The molecule has 2 aromatic carbocycles. The molecule has 0 aliphatic rings. The second kappa shape index (κ2) is 5.97. The fourth-order valence-corrected chi connectivity index (χ4v) is 1.71. The molecule has 1 amide bonds. The molecule has 0 heterocycles. The Bertz CT molecular complexity index is 625. The van der Waals surface area contributed by atoms with Crippen LogP contribution in [0.1, 0.15) is 11.5 Å². The van der Waals surface area contributed by atoms with Crippen molar-refractivity contribution in [3.05, 3.63) is 59.9 Å². The summed E-state index contributed by atoms with van der Waals surface area (Å²) < 4.78 is 18.8. The summed E-state index contributed by atoms with van der Waals surface area (Å²) in [5, 5.41) is 0. The van der Waals surface area contributed by atoms with Gasteiger partial charge < -0.3 is 15.3 Å². The number of benzene rings is 2. The molecule has 0 spiro atoms. The maximum Gasteiger partial charge on any atom is 0.232 e. The van der Waals surface area contributed by atoms with E-state index in [-0.39, 0.29) is 5.75 Å². The van der Waals surface area contributed by atoms with Crippen LogP contribution in [0.5, 0.6) is 11.5 Å². The monoisotopic (exact) mass is 273 g/mol. The zero-order valence-corrected chi connectivity index (χ0v) is 10.5. The van der Waals surface area contributed by atoms with Gasteiger partial charge in [0.1, 0.15) is 18.0 Å². The number of para-hydroxylation sites is 1. The molecule has 2 aromatic rings. The molecule has 0 aliphatic carbocycles. The van der Waals surface area contributed by atoms with Crippen LogP contribution in [0.15, 0.2) is 48.5 Å². The lowest BCUT2D eigenvalue weighted by Crippen LogP contribution is -2.22. The molecule has 102 valence electrons. The average molecular weight is 273 g/mol. The van der Waals surface area contributed by atoms with Crippen molar-refractivity contribution < 1.29 is 18.7 Å². The van der Waals surface area contributed by atoms with Crippen LogP contribution in [-0.4, -0.2) is 12.2 Å². The number of halogens is 1. The number of nitrogens with two attached hydrogens (primary N) is 1. The lowest BCUT2D eigenvalue weighted by molar-refractivity contribution is -0.123. The van der Waals surface area contributed by atoms with Gasteiger partial charge in [0, 0.05) is 0 Å². The number of ether oxygens (including phenoxy) is 1. The quantitative estimate of drug-likeness (QED) is 0.671. The van der Waals surface area contributed by atoms with E-state index in [4.69, 9.17) is 10.5 Å². The van der Waals surface area contributed by atoms with Crippen LogP contribution in [0.3, 0.4) is 0 Å². The first-order valence-electron chi connectivity index (χ1n) is 5.89. The molecule has 2 rings (SSSR count). The summed E-state index contributed by atoms with van der Waals surface area (Å²) in [6, 6.07) is 12.2. The van der Waals surface area contributed by atoms with Crippen molar-refractivity contribution in [1.29, 1.82) is 0 Å². The summed E-state index contributed by atoms with van der Waals surface area (Å²) in [6.07, 6.45) is 0.481. The number of rotatable bonds is 5. The third kappa shape index (κ3) is 3.00. The summed E-state index contributed by atoms with van der Waals surface area (Å²) in [5.41, 5.74) is 5.58. The summed E-state index contributed by atoms with van der Waals surface area (Å²) in [4.78, 5) is 21.8. The highest BCUT2D eigenvalue weighted by Gasteiger charge is 2.16. The van der Waals surface area contributed by atoms with Gasteiger partial charge in [-0.3, -0.25) is 4.79 Å². The van der Waals surface area contributed by atoms with E-state index < -0.39 is 17.6 Å². The van der Waals surface area contributed by atoms with E-state index in [0.717, 1.165) is 0 Å². The van der Waals surface area contributed by atoms with Crippen molar-refractivity contribution >= 4 is 12.2 Å². The van der Waals surface area contributed by atoms with Crippen LogP contribution >= 0.6 is 0 Å². The van der Waals surface area contributed by atoms with E-state index in [9.17, 15) is 14.0 Å². The molecule has 0 radical (unpaired) electrons. The van der Waals surface area contributed by atoms with E-state index >= 15 is 0 Å². The van der Waals surface area contributed by atoms with Crippen molar-refractivity contribution in [1.82, 2.24) is 0 Å². The Morgan fingerprint density at radius 2 is 1.80 bits per heavy atom. The van der Waals surface area contributed by atoms with Gasteiger partial charge in [-0.2, -0.15) is 0 Å². The molecular formula is C15H12FNO3. The number of hydrogen-bond acceptors (Lipinski definition) is 3. The van der Waals surface area contributed by atoms with Crippen LogP contribution in [0, 0.1) is 5.82 Å². The molecule has 0 aliphatic heterocycles. The van der Waals surface area contributed by atoms with Crippen molar-refractivity contribution in [2.45, 2.75) is 5.92 Å². The van der Waals surface area contributed by atoms with Crippen molar-refractivity contribution in [2.24, 2.45) is 5.73 Å². The molecule has 0 bridgehead atoms. The van der Waals surface area contributed by atoms with E-state index in [1.807, 2.05) is 0 Å². The minimum Gasteiger partial charge on any atom is -0.454 e. The first-order valence-corrected chi connectivity index (χ1v) is 5.89. The number of aldehydes is 1. The van der Waals surface area contributed by atoms with Crippen molar-refractivity contribution in [2.75, 3.05) is 0 Å². The largest absolute Gasteiger partial charge is 0.454 e. The molecule has 0 saturated carbocycles. The van der Waals surface area contributed by atoms with Crippen LogP contribution < -0.4 is 10.5 Å². The molecule has 4 nitrogen and oxygen atoms in total. The fourth-order valence-electron chi connectivity index (χ4n) is 1.71. The van der Waals surface area contributed by atoms with Gasteiger partial charge in [0.15, 0.2) is 11.6 Å². The smallest absolute Gasteiger partial charge is 0.232 e. The molecule has 20 heavy (non-hydrogen) atoms. The number of primary amides is 1. The zero-order valence-electron chi connectivity index (χ0n) is 10.5. The SMILES string of the molecule is NC(=O)C(C=O)c1ccc(Oc2ccccc2F)cc1. The molecule has 1 unspecified atom stereocenters. The summed E-state index contributed by atoms with van der Waals surface area (Å²) in [7, 11) is 0. The zero-order chi connectivity index (χ0) is 14.5. The molecule has 0 saturated heterocycles. The standard InChI is InChI=1S/C15H12FNO3/c16-13-3-1-2-4-14(13)20-11-7-5-10(6-8-11)12(9-18)15(17)19/h1-9,12H,(H2,17,19). The Kier molecular flexibility index (Phi) is 4.10. The van der Waals surface area contributed by atoms with E-state index in [1.165, 1.54) is 12.1 Å². The van der Waals surface area contributed by atoms with E-state index in [0.29, 0.717) is 17.6 Å². The van der Waals surface area contributed by atoms with Gasteiger partial charge in [-0.25, -0.2) is 4.39 Å². The topological polar surface area (TPSA) is 69.4 Å². The van der Waals surface area contributed by atoms with Gasteiger partial charge in [0.05, 0.1) is 0 Å². The van der Waals surface area contributed by atoms with Gasteiger partial charge >= 0.3 is 0 Å². The highest BCUT2D eigenvalue weighted by molar-refractivity contribution is 5.96. The predicted molar refractivity (Wildman–Crippen MR) is 70.9 cm³/mol. The molecule has 5 heteroatoms.